The molecule has 0 fully saturated rings. The number of hydrogen-bond acceptors (Lipinski definition) is 3. The molecular weight excluding hydrogens is 290 g/mol. The van der Waals surface area contributed by atoms with Crippen molar-refractivity contribution in [1.82, 2.24) is 0 Å². The summed E-state index contributed by atoms with van der Waals surface area (Å²) in [5.74, 6) is 0. The molecule has 0 unspecified atom stereocenters. The zero-order valence-corrected chi connectivity index (χ0v) is 12.5. The van der Waals surface area contributed by atoms with Crippen LogP contribution in [0.25, 0.3) is 0 Å². The molecular formula is C15H19NO4S. The SMILES string of the molecule is CCN(Cc1cccc(S(=O)(=O)O)c1)c1ccccc1.O. The second-order valence-corrected chi connectivity index (χ2v) is 5.89. The first-order chi connectivity index (χ1) is 9.50. The van der Waals surface area contributed by atoms with Crippen molar-refractivity contribution in [2.75, 3.05) is 11.4 Å². The largest absolute Gasteiger partial charge is 0.412 e. The first-order valence-electron chi connectivity index (χ1n) is 6.37. The number of para-hydroxylation sites is 1. The van der Waals surface area contributed by atoms with Crippen molar-refractivity contribution in [3.8, 4) is 0 Å². The van der Waals surface area contributed by atoms with Gasteiger partial charge in [-0.2, -0.15) is 8.42 Å². The summed E-state index contributed by atoms with van der Waals surface area (Å²) < 4.78 is 31.4. The van der Waals surface area contributed by atoms with Gasteiger partial charge in [0.25, 0.3) is 10.1 Å². The van der Waals surface area contributed by atoms with Crippen LogP contribution in [0.5, 0.6) is 0 Å². The fraction of sp³-hybridized carbons (Fsp3) is 0.200. The Hall–Kier alpha value is -1.89. The van der Waals surface area contributed by atoms with Gasteiger partial charge in [-0.05, 0) is 36.8 Å². The number of hydrogen-bond donors (Lipinski definition) is 1. The number of anilines is 1. The molecule has 0 aliphatic carbocycles. The first kappa shape index (κ1) is 17.2. The van der Waals surface area contributed by atoms with E-state index in [1.54, 1.807) is 6.07 Å². The molecule has 21 heavy (non-hydrogen) atoms. The third kappa shape index (κ3) is 4.56. The van der Waals surface area contributed by atoms with E-state index in [9.17, 15) is 8.42 Å². The van der Waals surface area contributed by atoms with Crippen LogP contribution < -0.4 is 4.90 Å². The lowest BCUT2D eigenvalue weighted by atomic mass is 10.2. The van der Waals surface area contributed by atoms with E-state index in [2.05, 4.69) is 4.90 Å². The normalized spacial score (nSPS) is 10.8. The van der Waals surface area contributed by atoms with Gasteiger partial charge in [0.15, 0.2) is 0 Å². The van der Waals surface area contributed by atoms with E-state index >= 15 is 0 Å². The number of benzene rings is 2. The maximum Gasteiger partial charge on any atom is 0.294 e. The highest BCUT2D eigenvalue weighted by atomic mass is 32.2. The fourth-order valence-electron chi connectivity index (χ4n) is 2.05. The van der Waals surface area contributed by atoms with Crippen LogP contribution in [-0.4, -0.2) is 25.0 Å². The van der Waals surface area contributed by atoms with Crippen molar-refractivity contribution >= 4 is 15.8 Å². The molecule has 0 saturated carbocycles. The third-order valence-electron chi connectivity index (χ3n) is 3.07. The monoisotopic (exact) mass is 309 g/mol. The summed E-state index contributed by atoms with van der Waals surface area (Å²) in [6.45, 7) is 3.43. The molecule has 0 atom stereocenters. The van der Waals surface area contributed by atoms with Crippen LogP contribution in [0, 0.1) is 0 Å². The lowest BCUT2D eigenvalue weighted by Gasteiger charge is -2.23. The zero-order valence-electron chi connectivity index (χ0n) is 11.7. The molecule has 5 nitrogen and oxygen atoms in total. The Balaban J connectivity index is 0.00000220. The maximum absolute atomic E-state index is 11.2. The van der Waals surface area contributed by atoms with Gasteiger partial charge in [-0.1, -0.05) is 30.3 Å². The smallest absolute Gasteiger partial charge is 0.294 e. The van der Waals surface area contributed by atoms with Crippen molar-refractivity contribution in [3.05, 3.63) is 60.2 Å². The molecule has 2 aromatic carbocycles. The molecule has 2 rings (SSSR count). The Bertz CT molecular complexity index is 671. The van der Waals surface area contributed by atoms with E-state index in [0.29, 0.717) is 6.54 Å². The highest BCUT2D eigenvalue weighted by molar-refractivity contribution is 7.85. The first-order valence-corrected chi connectivity index (χ1v) is 7.81. The lowest BCUT2D eigenvalue weighted by Crippen LogP contribution is -2.21. The molecule has 0 amide bonds. The lowest BCUT2D eigenvalue weighted by molar-refractivity contribution is 0.483. The Morgan fingerprint density at radius 1 is 1.05 bits per heavy atom. The van der Waals surface area contributed by atoms with Crippen LogP contribution >= 0.6 is 0 Å². The average Bonchev–Trinajstić information content (AvgIpc) is 2.45. The van der Waals surface area contributed by atoms with E-state index in [4.69, 9.17) is 4.55 Å². The van der Waals surface area contributed by atoms with Crippen LogP contribution in [0.15, 0.2) is 59.5 Å². The van der Waals surface area contributed by atoms with Crippen molar-refractivity contribution in [2.24, 2.45) is 0 Å². The quantitative estimate of drug-likeness (QED) is 0.857. The topological polar surface area (TPSA) is 89.1 Å². The van der Waals surface area contributed by atoms with E-state index in [1.807, 2.05) is 43.3 Å². The average molecular weight is 309 g/mol. The zero-order chi connectivity index (χ0) is 14.6. The summed E-state index contributed by atoms with van der Waals surface area (Å²) in [7, 11) is -4.15. The Labute approximate surface area is 124 Å². The van der Waals surface area contributed by atoms with Gasteiger partial charge in [0, 0.05) is 18.8 Å². The van der Waals surface area contributed by atoms with Gasteiger partial charge in [0.2, 0.25) is 0 Å². The van der Waals surface area contributed by atoms with Gasteiger partial charge in [0.05, 0.1) is 4.90 Å². The second kappa shape index (κ2) is 7.21. The molecule has 0 aromatic heterocycles. The van der Waals surface area contributed by atoms with E-state index in [-0.39, 0.29) is 10.4 Å². The van der Waals surface area contributed by atoms with Gasteiger partial charge < -0.3 is 10.4 Å². The summed E-state index contributed by atoms with van der Waals surface area (Å²) in [5.41, 5.74) is 1.91. The van der Waals surface area contributed by atoms with E-state index < -0.39 is 10.1 Å². The molecule has 0 heterocycles. The van der Waals surface area contributed by atoms with Crippen molar-refractivity contribution in [2.45, 2.75) is 18.4 Å². The predicted octanol–water partition coefficient (Wildman–Crippen LogP) is 2.14. The second-order valence-electron chi connectivity index (χ2n) is 4.47. The molecule has 0 bridgehead atoms. The highest BCUT2D eigenvalue weighted by Gasteiger charge is 2.11. The van der Waals surface area contributed by atoms with Crippen molar-refractivity contribution in [3.63, 3.8) is 0 Å². The number of rotatable bonds is 5. The Morgan fingerprint density at radius 2 is 1.71 bits per heavy atom. The number of nitrogens with zero attached hydrogens (tertiary/aromatic N) is 1. The summed E-state index contributed by atoms with van der Waals surface area (Å²) in [4.78, 5) is 2.06. The summed E-state index contributed by atoms with van der Waals surface area (Å²) >= 11 is 0. The van der Waals surface area contributed by atoms with Gasteiger partial charge in [-0.3, -0.25) is 4.55 Å². The summed E-state index contributed by atoms with van der Waals surface area (Å²) in [6.07, 6.45) is 0. The van der Waals surface area contributed by atoms with Gasteiger partial charge in [-0.15, -0.1) is 0 Å². The Morgan fingerprint density at radius 3 is 2.29 bits per heavy atom. The van der Waals surface area contributed by atoms with E-state index in [1.165, 1.54) is 12.1 Å². The highest BCUT2D eigenvalue weighted by Crippen LogP contribution is 2.18. The molecule has 0 aliphatic heterocycles. The summed E-state index contributed by atoms with van der Waals surface area (Å²) in [6, 6.07) is 16.3. The van der Waals surface area contributed by atoms with Crippen LogP contribution in [0.1, 0.15) is 12.5 Å². The van der Waals surface area contributed by atoms with Gasteiger partial charge in [0.1, 0.15) is 0 Å². The van der Waals surface area contributed by atoms with E-state index in [0.717, 1.165) is 17.8 Å². The van der Waals surface area contributed by atoms with Crippen LogP contribution in [0.2, 0.25) is 0 Å². The minimum absolute atomic E-state index is 0. The van der Waals surface area contributed by atoms with Crippen LogP contribution in [-0.2, 0) is 16.7 Å². The Kier molecular flexibility index (Phi) is 5.90. The molecule has 3 N–H and O–H groups in total. The molecule has 114 valence electrons. The predicted molar refractivity (Wildman–Crippen MR) is 83.0 cm³/mol. The van der Waals surface area contributed by atoms with Gasteiger partial charge in [-0.25, -0.2) is 0 Å². The molecule has 2 aromatic rings. The third-order valence-corrected chi connectivity index (χ3v) is 3.92. The standard InChI is InChI=1S/C15H17NO3S.H2O/c1-2-16(14-8-4-3-5-9-14)12-13-7-6-10-15(11-13)20(17,18)19;/h3-11H,2,12H2,1H3,(H,17,18,19);1H2. The van der Waals surface area contributed by atoms with Crippen LogP contribution in [0.3, 0.4) is 0 Å². The molecule has 0 aliphatic rings. The fourth-order valence-corrected chi connectivity index (χ4v) is 2.60. The minimum atomic E-state index is -4.15. The molecule has 6 heteroatoms. The van der Waals surface area contributed by atoms with Gasteiger partial charge >= 0.3 is 0 Å². The van der Waals surface area contributed by atoms with Crippen LogP contribution in [0.4, 0.5) is 5.69 Å². The maximum atomic E-state index is 11.2. The van der Waals surface area contributed by atoms with Crippen molar-refractivity contribution < 1.29 is 18.4 Å². The minimum Gasteiger partial charge on any atom is -0.412 e. The molecule has 0 radical (unpaired) electrons. The molecule has 0 spiro atoms. The molecule has 0 saturated heterocycles. The summed E-state index contributed by atoms with van der Waals surface area (Å²) in [5, 5.41) is 0. The van der Waals surface area contributed by atoms with Crippen molar-refractivity contribution in [1.29, 1.82) is 0 Å².